The molecule has 194 valence electrons. The molecule has 0 spiro atoms. The number of amidine groups is 1. The third-order valence-corrected chi connectivity index (χ3v) is 6.94. The van der Waals surface area contributed by atoms with E-state index in [0.29, 0.717) is 40.8 Å². The first-order valence-corrected chi connectivity index (χ1v) is 13.0. The fourth-order valence-electron chi connectivity index (χ4n) is 4.99. The first kappa shape index (κ1) is 25.6. The second-order valence-electron chi connectivity index (χ2n) is 9.68. The average molecular weight is 530 g/mol. The van der Waals surface area contributed by atoms with Gasteiger partial charge in [0.2, 0.25) is 5.91 Å². The van der Waals surface area contributed by atoms with Crippen molar-refractivity contribution in [3.8, 4) is 11.8 Å². The van der Waals surface area contributed by atoms with Crippen molar-refractivity contribution < 1.29 is 14.3 Å². The Labute approximate surface area is 226 Å². The number of urea groups is 1. The molecule has 2 aliphatic heterocycles. The Morgan fingerprint density at radius 1 is 1.24 bits per heavy atom. The maximum Gasteiger partial charge on any atom is 0.326 e. The van der Waals surface area contributed by atoms with Gasteiger partial charge in [0.25, 0.3) is 0 Å². The number of aliphatic imine (C=N–C) groups is 1. The van der Waals surface area contributed by atoms with Crippen molar-refractivity contribution in [2.75, 3.05) is 19.6 Å². The summed E-state index contributed by atoms with van der Waals surface area (Å²) in [5.74, 6) is 0.715. The van der Waals surface area contributed by atoms with Gasteiger partial charge in [-0.05, 0) is 61.7 Å². The van der Waals surface area contributed by atoms with E-state index in [-0.39, 0.29) is 30.6 Å². The van der Waals surface area contributed by atoms with Gasteiger partial charge in [0, 0.05) is 18.1 Å². The topological polar surface area (TPSA) is 98.0 Å². The van der Waals surface area contributed by atoms with Crippen molar-refractivity contribution >= 4 is 29.4 Å². The number of halogens is 1. The fraction of sp³-hybridized carbons (Fsp3) is 0.310. The monoisotopic (exact) mass is 529 g/mol. The molecule has 5 rings (SSSR count). The van der Waals surface area contributed by atoms with Crippen LogP contribution >= 0.6 is 11.6 Å². The van der Waals surface area contributed by atoms with Crippen LogP contribution in [0.3, 0.4) is 0 Å². The first-order valence-electron chi connectivity index (χ1n) is 12.6. The third-order valence-electron chi connectivity index (χ3n) is 6.69. The van der Waals surface area contributed by atoms with Crippen LogP contribution in [0.25, 0.3) is 0 Å². The molecule has 2 atom stereocenters. The predicted octanol–water partition coefficient (Wildman–Crippen LogP) is 4.61. The highest BCUT2D eigenvalue weighted by Crippen LogP contribution is 2.42. The van der Waals surface area contributed by atoms with Crippen LogP contribution in [0.2, 0.25) is 5.02 Å². The minimum Gasteiger partial charge on any atom is -0.490 e. The quantitative estimate of drug-likeness (QED) is 0.611. The van der Waals surface area contributed by atoms with E-state index in [0.717, 1.165) is 17.6 Å². The summed E-state index contributed by atoms with van der Waals surface area (Å²) in [6.07, 6.45) is 6.67. The molecule has 8 nitrogen and oxygen atoms in total. The number of amides is 3. The molecule has 2 unspecified atom stereocenters. The summed E-state index contributed by atoms with van der Waals surface area (Å²) in [6.45, 7) is 4.55. The highest BCUT2D eigenvalue weighted by molar-refractivity contribution is 6.30. The van der Waals surface area contributed by atoms with Gasteiger partial charge in [-0.1, -0.05) is 42.0 Å². The molecule has 3 aliphatic rings. The Bertz CT molecular complexity index is 1390. The van der Waals surface area contributed by atoms with Crippen LogP contribution < -0.4 is 10.1 Å². The van der Waals surface area contributed by atoms with Crippen molar-refractivity contribution in [3.05, 3.63) is 88.0 Å². The highest BCUT2D eigenvalue weighted by Gasteiger charge is 2.45. The van der Waals surface area contributed by atoms with Gasteiger partial charge in [-0.15, -0.1) is 0 Å². The second kappa shape index (κ2) is 10.7. The van der Waals surface area contributed by atoms with Crippen LogP contribution in [-0.4, -0.2) is 59.4 Å². The molecule has 1 saturated heterocycles. The van der Waals surface area contributed by atoms with E-state index in [9.17, 15) is 14.9 Å². The van der Waals surface area contributed by atoms with E-state index in [4.69, 9.17) is 21.3 Å². The standard InChI is InChI=1S/C29H28ClN5O3/c1-18(2)38-24-15-19(16-31)7-12-23(24)28-33-26(20-5-3-4-6-20)27(21-8-10-22(30)11-9-21)35(28)29(37)34-14-13-32-25(36)17-34/h3-5,7-12,15,18,26-27H,6,13-14,17H2,1-2H3,(H,32,36). The van der Waals surface area contributed by atoms with Crippen molar-refractivity contribution in [2.45, 2.75) is 38.5 Å². The number of nitriles is 1. The minimum atomic E-state index is -0.464. The van der Waals surface area contributed by atoms with E-state index in [1.54, 1.807) is 40.1 Å². The average Bonchev–Trinajstić information content (AvgIpc) is 3.57. The SMILES string of the molecule is CC(C)Oc1cc(C#N)ccc1C1=NC(C2=CC=CC2)C(c2ccc(Cl)cc2)N1C(=O)N1CCNC(=O)C1. The molecule has 0 saturated carbocycles. The molecular formula is C29H28ClN5O3. The number of rotatable bonds is 5. The Morgan fingerprint density at radius 2 is 2.03 bits per heavy atom. The number of nitrogens with one attached hydrogen (secondary N) is 1. The van der Waals surface area contributed by atoms with Crippen LogP contribution in [-0.2, 0) is 4.79 Å². The Hall–Kier alpha value is -4.09. The van der Waals surface area contributed by atoms with Gasteiger partial charge in [0.15, 0.2) is 0 Å². The molecule has 9 heteroatoms. The van der Waals surface area contributed by atoms with Crippen LogP contribution in [0, 0.1) is 11.3 Å². The first-order chi connectivity index (χ1) is 18.4. The molecule has 0 bridgehead atoms. The van der Waals surface area contributed by atoms with E-state index in [1.165, 1.54) is 0 Å². The molecule has 1 aliphatic carbocycles. The van der Waals surface area contributed by atoms with Crippen molar-refractivity contribution in [2.24, 2.45) is 4.99 Å². The van der Waals surface area contributed by atoms with E-state index >= 15 is 0 Å². The van der Waals surface area contributed by atoms with Crippen molar-refractivity contribution in [3.63, 3.8) is 0 Å². The maximum absolute atomic E-state index is 14.2. The van der Waals surface area contributed by atoms with E-state index in [2.05, 4.69) is 17.5 Å². The number of hydrogen-bond acceptors (Lipinski definition) is 5. The molecule has 3 amide bonds. The molecule has 1 fully saturated rings. The van der Waals surface area contributed by atoms with Gasteiger partial charge in [-0.25, -0.2) is 4.79 Å². The van der Waals surface area contributed by atoms with Crippen molar-refractivity contribution in [1.29, 1.82) is 5.26 Å². The lowest BCUT2D eigenvalue weighted by Crippen LogP contribution is -2.55. The molecule has 1 N–H and O–H groups in total. The lowest BCUT2D eigenvalue weighted by atomic mass is 9.93. The van der Waals surface area contributed by atoms with Crippen LogP contribution in [0.1, 0.15) is 43.0 Å². The fourth-order valence-corrected chi connectivity index (χ4v) is 5.11. The summed E-state index contributed by atoms with van der Waals surface area (Å²) < 4.78 is 6.12. The molecule has 2 aromatic rings. The molecular weight excluding hydrogens is 502 g/mol. The molecule has 38 heavy (non-hydrogen) atoms. The largest absolute Gasteiger partial charge is 0.490 e. The van der Waals surface area contributed by atoms with Gasteiger partial charge in [-0.3, -0.25) is 14.7 Å². The summed E-state index contributed by atoms with van der Waals surface area (Å²) in [4.78, 5) is 34.8. The molecule has 0 aromatic heterocycles. The summed E-state index contributed by atoms with van der Waals surface area (Å²) in [7, 11) is 0. The summed E-state index contributed by atoms with van der Waals surface area (Å²) in [5.41, 5.74) is 3.01. The highest BCUT2D eigenvalue weighted by atomic mass is 35.5. The summed E-state index contributed by atoms with van der Waals surface area (Å²) in [6, 6.07) is 13.6. The minimum absolute atomic E-state index is 0.0341. The third kappa shape index (κ3) is 5.02. The lowest BCUT2D eigenvalue weighted by Gasteiger charge is -2.36. The Balaban J connectivity index is 1.68. The van der Waals surface area contributed by atoms with Crippen molar-refractivity contribution in [1.82, 2.24) is 15.1 Å². The number of benzene rings is 2. The van der Waals surface area contributed by atoms with Gasteiger partial charge in [-0.2, -0.15) is 5.26 Å². The predicted molar refractivity (Wildman–Crippen MR) is 145 cm³/mol. The second-order valence-corrected chi connectivity index (χ2v) is 10.1. The number of hydrogen-bond donors (Lipinski definition) is 1. The van der Waals surface area contributed by atoms with Gasteiger partial charge in [0.05, 0.1) is 35.4 Å². The molecule has 0 radical (unpaired) electrons. The van der Waals surface area contributed by atoms with E-state index < -0.39 is 6.04 Å². The number of nitrogens with zero attached hydrogens (tertiary/aromatic N) is 4. The Morgan fingerprint density at radius 3 is 2.68 bits per heavy atom. The number of carbonyl (C=O) groups is 2. The lowest BCUT2D eigenvalue weighted by molar-refractivity contribution is -0.123. The van der Waals surface area contributed by atoms with Crippen LogP contribution in [0.15, 0.2) is 71.3 Å². The van der Waals surface area contributed by atoms with Gasteiger partial charge >= 0.3 is 6.03 Å². The molecule has 2 aromatic carbocycles. The normalized spacial score (nSPS) is 20.8. The number of allylic oxidation sites excluding steroid dienone is 3. The summed E-state index contributed by atoms with van der Waals surface area (Å²) >= 11 is 6.21. The van der Waals surface area contributed by atoms with Gasteiger partial charge < -0.3 is 15.0 Å². The van der Waals surface area contributed by atoms with Crippen LogP contribution in [0.4, 0.5) is 4.79 Å². The number of ether oxygens (including phenoxy) is 1. The maximum atomic E-state index is 14.2. The zero-order valence-corrected chi connectivity index (χ0v) is 22.0. The number of carbonyl (C=O) groups excluding carboxylic acids is 2. The van der Waals surface area contributed by atoms with E-state index in [1.807, 2.05) is 38.1 Å². The smallest absolute Gasteiger partial charge is 0.326 e. The zero-order chi connectivity index (χ0) is 26.8. The zero-order valence-electron chi connectivity index (χ0n) is 21.2. The molecule has 2 heterocycles. The van der Waals surface area contributed by atoms with Gasteiger partial charge in [0.1, 0.15) is 18.1 Å². The Kier molecular flexibility index (Phi) is 7.21. The van der Waals surface area contributed by atoms with Crippen LogP contribution in [0.5, 0.6) is 5.75 Å². The number of piperazine rings is 1. The summed E-state index contributed by atoms with van der Waals surface area (Å²) in [5, 5.41) is 12.9.